The van der Waals surface area contributed by atoms with Crippen molar-refractivity contribution in [1.29, 1.82) is 0 Å². The first-order valence-electron chi connectivity index (χ1n) is 5.33. The maximum atomic E-state index is 5.51. The Morgan fingerprint density at radius 2 is 2.38 bits per heavy atom. The fourth-order valence-electron chi connectivity index (χ4n) is 1.50. The van der Waals surface area contributed by atoms with Crippen molar-refractivity contribution in [2.24, 2.45) is 0 Å². The van der Waals surface area contributed by atoms with E-state index in [1.54, 1.807) is 0 Å². The van der Waals surface area contributed by atoms with Gasteiger partial charge in [0.05, 0.1) is 6.10 Å². The van der Waals surface area contributed by atoms with Gasteiger partial charge in [-0.25, -0.2) is 0 Å². The van der Waals surface area contributed by atoms with Gasteiger partial charge in [-0.15, -0.1) is 0 Å². The Bertz CT molecular complexity index is 124. The minimum atomic E-state index is 0.479. The van der Waals surface area contributed by atoms with Crippen molar-refractivity contribution < 1.29 is 4.74 Å². The standard InChI is InChI=1S/C10H22N2O/c1-3-12(2)7-6-11-9-10-5-4-8-13-10/h10-11H,3-9H2,1-2H3/t10-/m1/s1. The van der Waals surface area contributed by atoms with E-state index in [9.17, 15) is 0 Å². The lowest BCUT2D eigenvalue weighted by Gasteiger charge is -2.15. The van der Waals surface area contributed by atoms with Gasteiger partial charge in [-0.3, -0.25) is 0 Å². The molecule has 0 aromatic carbocycles. The van der Waals surface area contributed by atoms with Crippen LogP contribution in [0.3, 0.4) is 0 Å². The summed E-state index contributed by atoms with van der Waals surface area (Å²) in [5.41, 5.74) is 0. The SMILES string of the molecule is CCN(C)CCNC[C@H]1CCCO1. The molecular formula is C10H22N2O. The second kappa shape index (κ2) is 6.35. The maximum Gasteiger partial charge on any atom is 0.0700 e. The molecule has 0 unspecified atom stereocenters. The van der Waals surface area contributed by atoms with Gasteiger partial charge in [0, 0.05) is 26.2 Å². The first kappa shape index (κ1) is 11.0. The van der Waals surface area contributed by atoms with Crippen LogP contribution in [0.15, 0.2) is 0 Å². The highest BCUT2D eigenvalue weighted by Crippen LogP contribution is 2.10. The quantitative estimate of drug-likeness (QED) is 0.618. The number of likely N-dealkylation sites (N-methyl/N-ethyl adjacent to an activating group) is 1. The third-order valence-electron chi connectivity index (χ3n) is 2.61. The minimum absolute atomic E-state index is 0.479. The van der Waals surface area contributed by atoms with Crippen LogP contribution >= 0.6 is 0 Å². The zero-order valence-electron chi connectivity index (χ0n) is 8.88. The van der Waals surface area contributed by atoms with Gasteiger partial charge in [-0.2, -0.15) is 0 Å². The van der Waals surface area contributed by atoms with Crippen molar-refractivity contribution in [2.75, 3.05) is 39.8 Å². The van der Waals surface area contributed by atoms with Crippen LogP contribution in [-0.4, -0.2) is 50.8 Å². The summed E-state index contributed by atoms with van der Waals surface area (Å²) in [7, 11) is 2.15. The van der Waals surface area contributed by atoms with Crippen LogP contribution in [0.5, 0.6) is 0 Å². The zero-order valence-corrected chi connectivity index (χ0v) is 8.88. The average Bonchev–Trinajstić information content (AvgIpc) is 2.64. The van der Waals surface area contributed by atoms with Gasteiger partial charge in [0.15, 0.2) is 0 Å². The summed E-state index contributed by atoms with van der Waals surface area (Å²) >= 11 is 0. The molecule has 1 aliphatic heterocycles. The summed E-state index contributed by atoms with van der Waals surface area (Å²) in [6, 6.07) is 0. The van der Waals surface area contributed by atoms with E-state index in [2.05, 4.69) is 24.2 Å². The number of ether oxygens (including phenoxy) is 1. The normalized spacial score (nSPS) is 22.8. The van der Waals surface area contributed by atoms with Crippen LogP contribution in [-0.2, 0) is 4.74 Å². The zero-order chi connectivity index (χ0) is 9.52. The monoisotopic (exact) mass is 186 g/mol. The molecule has 1 fully saturated rings. The molecule has 3 nitrogen and oxygen atoms in total. The predicted molar refractivity (Wildman–Crippen MR) is 55.0 cm³/mol. The van der Waals surface area contributed by atoms with Gasteiger partial charge in [-0.1, -0.05) is 6.92 Å². The molecule has 1 rings (SSSR count). The first-order chi connectivity index (χ1) is 6.33. The summed E-state index contributed by atoms with van der Waals surface area (Å²) in [5, 5.41) is 3.43. The number of nitrogens with one attached hydrogen (secondary N) is 1. The molecule has 1 saturated heterocycles. The molecule has 1 atom stereocenters. The largest absolute Gasteiger partial charge is 0.377 e. The molecule has 1 aliphatic rings. The molecule has 0 aromatic heterocycles. The Morgan fingerprint density at radius 3 is 3.00 bits per heavy atom. The number of nitrogens with zero attached hydrogens (tertiary/aromatic N) is 1. The van der Waals surface area contributed by atoms with Crippen molar-refractivity contribution in [3.05, 3.63) is 0 Å². The van der Waals surface area contributed by atoms with Gasteiger partial charge in [0.2, 0.25) is 0 Å². The van der Waals surface area contributed by atoms with Gasteiger partial charge >= 0.3 is 0 Å². The second-order valence-electron chi connectivity index (χ2n) is 3.74. The lowest BCUT2D eigenvalue weighted by molar-refractivity contribution is 0.109. The Morgan fingerprint density at radius 1 is 1.54 bits per heavy atom. The summed E-state index contributed by atoms with van der Waals surface area (Å²) in [4.78, 5) is 2.31. The summed E-state index contributed by atoms with van der Waals surface area (Å²) in [6.07, 6.45) is 2.95. The van der Waals surface area contributed by atoms with Crippen molar-refractivity contribution >= 4 is 0 Å². The molecule has 78 valence electrons. The van der Waals surface area contributed by atoms with Gasteiger partial charge in [-0.05, 0) is 26.4 Å². The lowest BCUT2D eigenvalue weighted by atomic mass is 10.2. The summed E-state index contributed by atoms with van der Waals surface area (Å²) in [5.74, 6) is 0. The number of hydrogen-bond donors (Lipinski definition) is 1. The van der Waals surface area contributed by atoms with Gasteiger partial charge in [0.25, 0.3) is 0 Å². The summed E-state index contributed by atoms with van der Waals surface area (Å²) < 4.78 is 5.51. The van der Waals surface area contributed by atoms with Crippen LogP contribution in [0.1, 0.15) is 19.8 Å². The molecule has 13 heavy (non-hydrogen) atoms. The maximum absolute atomic E-state index is 5.51. The topological polar surface area (TPSA) is 24.5 Å². The van der Waals surface area contributed by atoms with Crippen LogP contribution < -0.4 is 5.32 Å². The van der Waals surface area contributed by atoms with E-state index >= 15 is 0 Å². The van der Waals surface area contributed by atoms with Crippen LogP contribution in [0.4, 0.5) is 0 Å². The molecule has 0 saturated carbocycles. The Kier molecular flexibility index (Phi) is 5.35. The number of hydrogen-bond acceptors (Lipinski definition) is 3. The molecule has 0 aliphatic carbocycles. The van der Waals surface area contributed by atoms with E-state index in [-0.39, 0.29) is 0 Å². The molecule has 0 amide bonds. The van der Waals surface area contributed by atoms with E-state index in [4.69, 9.17) is 4.74 Å². The fourth-order valence-corrected chi connectivity index (χ4v) is 1.50. The molecule has 0 spiro atoms. The molecule has 0 radical (unpaired) electrons. The van der Waals surface area contributed by atoms with E-state index in [1.165, 1.54) is 12.8 Å². The second-order valence-corrected chi connectivity index (χ2v) is 3.74. The van der Waals surface area contributed by atoms with E-state index in [0.29, 0.717) is 6.10 Å². The highest BCUT2D eigenvalue weighted by Gasteiger charge is 2.14. The minimum Gasteiger partial charge on any atom is -0.377 e. The highest BCUT2D eigenvalue weighted by atomic mass is 16.5. The van der Waals surface area contributed by atoms with Gasteiger partial charge in [0.1, 0.15) is 0 Å². The molecular weight excluding hydrogens is 164 g/mol. The fraction of sp³-hybridized carbons (Fsp3) is 1.00. The molecule has 0 aromatic rings. The van der Waals surface area contributed by atoms with Crippen molar-refractivity contribution in [3.8, 4) is 0 Å². The summed E-state index contributed by atoms with van der Waals surface area (Å²) in [6.45, 7) is 7.49. The van der Waals surface area contributed by atoms with Crippen molar-refractivity contribution in [3.63, 3.8) is 0 Å². The smallest absolute Gasteiger partial charge is 0.0700 e. The Labute approximate surface area is 81.4 Å². The third-order valence-corrected chi connectivity index (χ3v) is 2.61. The molecule has 0 bridgehead atoms. The van der Waals surface area contributed by atoms with E-state index < -0.39 is 0 Å². The molecule has 1 heterocycles. The Hall–Kier alpha value is -0.120. The average molecular weight is 186 g/mol. The van der Waals surface area contributed by atoms with Crippen molar-refractivity contribution in [1.82, 2.24) is 10.2 Å². The van der Waals surface area contributed by atoms with Crippen LogP contribution in [0.25, 0.3) is 0 Å². The van der Waals surface area contributed by atoms with E-state index in [1.807, 2.05) is 0 Å². The molecule has 1 N–H and O–H groups in total. The predicted octanol–water partition coefficient (Wildman–Crippen LogP) is 0.707. The van der Waals surface area contributed by atoms with Crippen molar-refractivity contribution in [2.45, 2.75) is 25.9 Å². The Balaban J connectivity index is 1.88. The van der Waals surface area contributed by atoms with Gasteiger partial charge < -0.3 is 15.0 Å². The highest BCUT2D eigenvalue weighted by molar-refractivity contribution is 4.67. The lowest BCUT2D eigenvalue weighted by Crippen LogP contribution is -2.33. The van der Waals surface area contributed by atoms with Crippen LogP contribution in [0.2, 0.25) is 0 Å². The van der Waals surface area contributed by atoms with Crippen LogP contribution in [0, 0.1) is 0 Å². The molecule has 3 heteroatoms. The number of rotatable bonds is 6. The van der Waals surface area contributed by atoms with E-state index in [0.717, 1.165) is 32.8 Å². The first-order valence-corrected chi connectivity index (χ1v) is 5.33. The third kappa shape index (κ3) is 4.60.